The van der Waals surface area contributed by atoms with E-state index >= 15 is 0 Å². The monoisotopic (exact) mass is 1390 g/mol. The van der Waals surface area contributed by atoms with Crippen molar-refractivity contribution in [3.63, 3.8) is 0 Å². The van der Waals surface area contributed by atoms with Crippen LogP contribution in [0, 0.1) is 13.8 Å². The Morgan fingerprint density at radius 3 is 0.600 bits per heavy atom. The van der Waals surface area contributed by atoms with Crippen molar-refractivity contribution in [2.45, 2.75) is 32.8 Å². The second kappa shape index (κ2) is 36.9. The summed E-state index contributed by atoms with van der Waals surface area (Å²) in [5, 5.41) is 26.8. The van der Waals surface area contributed by atoms with E-state index in [1.807, 2.05) is 0 Å². The molecule has 0 amide bonds. The summed E-state index contributed by atoms with van der Waals surface area (Å²) in [6, 6.07) is 142. The molecule has 470 valence electrons. The summed E-state index contributed by atoms with van der Waals surface area (Å²) in [7, 11) is -1.78. The van der Waals surface area contributed by atoms with E-state index in [-0.39, 0.29) is 26.5 Å². The van der Waals surface area contributed by atoms with E-state index < -0.39 is 31.7 Å². The van der Waals surface area contributed by atoms with Crippen molar-refractivity contribution < 1.29 is 25.5 Å². The molecule has 6 heteroatoms. The van der Waals surface area contributed by atoms with Gasteiger partial charge in [-0.25, -0.2) is 0 Å². The normalized spacial score (nSPS) is 11.8. The fraction of sp³-hybridized carbons (Fsp3) is 0.0562. The number of aliphatic hydroxyl groups is 1. The zero-order valence-corrected chi connectivity index (χ0v) is 58.8. The van der Waals surface area contributed by atoms with Gasteiger partial charge < -0.3 is 5.11 Å². The summed E-state index contributed by atoms with van der Waals surface area (Å²) in [6.45, 7) is 4.32. The number of benzene rings is 14. The topological polar surface area (TPSA) is 20.2 Å². The maximum absolute atomic E-state index is 9.99. The minimum absolute atomic E-state index is 0. The second-order valence-corrected chi connectivity index (χ2v) is 31.4. The second-order valence-electron chi connectivity index (χ2n) is 22.6. The van der Waals surface area contributed by atoms with Crippen LogP contribution in [0.4, 0.5) is 0 Å². The first-order valence-corrected chi connectivity index (χ1v) is 37.5. The van der Waals surface area contributed by atoms with E-state index in [1.165, 1.54) is 91.5 Å². The number of hydrogen-bond donors (Lipinski definition) is 1. The molecule has 0 saturated carbocycles. The summed E-state index contributed by atoms with van der Waals surface area (Å²) in [5.74, 6) is 0. The zero-order valence-electron chi connectivity index (χ0n) is 53.6. The molecule has 0 fully saturated rings. The number of rotatable bonds is 13. The van der Waals surface area contributed by atoms with Gasteiger partial charge in [0, 0.05) is 20.4 Å². The molecule has 1 nitrogen and oxygen atoms in total. The van der Waals surface area contributed by atoms with E-state index in [4.69, 9.17) is 0 Å². The molecule has 0 spiro atoms. The molecule has 14 aromatic rings. The molecule has 14 aromatic carbocycles. The van der Waals surface area contributed by atoms with Crippen molar-refractivity contribution in [1.82, 2.24) is 0 Å². The molecule has 0 bridgehead atoms. The molecule has 95 heavy (non-hydrogen) atoms. The molecule has 1 N–H and O–H groups in total. The van der Waals surface area contributed by atoms with Gasteiger partial charge in [-0.3, -0.25) is 0 Å². The predicted molar refractivity (Wildman–Crippen MR) is 415 cm³/mol. The third-order valence-corrected chi connectivity index (χ3v) is 25.9. The van der Waals surface area contributed by atoms with Crippen LogP contribution in [0.1, 0.15) is 34.8 Å². The molecule has 0 saturated heterocycles. The van der Waals surface area contributed by atoms with E-state index in [0.717, 1.165) is 18.4 Å². The van der Waals surface area contributed by atoms with Gasteiger partial charge >= 0.3 is 0 Å². The summed E-state index contributed by atoms with van der Waals surface area (Å²) in [4.78, 5) is 0. The summed E-state index contributed by atoms with van der Waals surface area (Å²) in [6.07, 6.45) is 1.57. The Kier molecular flexibility index (Phi) is 26.9. The van der Waals surface area contributed by atoms with Crippen molar-refractivity contribution in [3.05, 3.63) is 423 Å². The first-order valence-electron chi connectivity index (χ1n) is 32.2. The van der Waals surface area contributed by atoms with E-state index in [2.05, 4.69) is 414 Å². The van der Waals surface area contributed by atoms with Crippen molar-refractivity contribution in [1.29, 1.82) is 0 Å². The minimum atomic E-state index is -0.446. The van der Waals surface area contributed by atoms with Crippen molar-refractivity contribution in [2.24, 2.45) is 0 Å². The molecule has 1 aliphatic carbocycles. The Labute approximate surface area is 583 Å². The van der Waals surface area contributed by atoms with Crippen LogP contribution in [0.3, 0.4) is 0 Å². The van der Waals surface area contributed by atoms with E-state index in [0.29, 0.717) is 0 Å². The number of fused-ring (bicyclic) bond motifs is 1. The Balaban J connectivity index is 0.000000129. The van der Waals surface area contributed by atoms with Gasteiger partial charge in [0.15, 0.2) is 0 Å². The van der Waals surface area contributed by atoms with Gasteiger partial charge in [0.2, 0.25) is 0 Å². The van der Waals surface area contributed by atoms with Gasteiger partial charge in [0.05, 0.1) is 6.10 Å². The minimum Gasteiger partial charge on any atom is -0.388 e. The Hall–Kier alpha value is -8.58. The maximum Gasteiger partial charge on any atom is 0.0796 e. The van der Waals surface area contributed by atoms with Crippen LogP contribution in [0.2, 0.25) is 0 Å². The summed E-state index contributed by atoms with van der Waals surface area (Å²) >= 11 is 0. The fourth-order valence-corrected chi connectivity index (χ4v) is 21.0. The number of hydrogen-bond acceptors (Lipinski definition) is 1. The van der Waals surface area contributed by atoms with Crippen LogP contribution in [0.5, 0.6) is 0 Å². The molecule has 1 aliphatic rings. The van der Waals surface area contributed by atoms with Crippen molar-refractivity contribution in [3.8, 4) is 11.1 Å². The van der Waals surface area contributed by atoms with Crippen LogP contribution in [-0.2, 0) is 26.8 Å². The molecule has 0 unspecified atom stereocenters. The first kappa shape index (κ1) is 69.3. The fourth-order valence-electron chi connectivity index (χ4n) is 11.8. The Morgan fingerprint density at radius 2 is 0.411 bits per heavy atom. The predicted octanol–water partition coefficient (Wildman–Crippen LogP) is 17.7. The van der Waals surface area contributed by atoms with Crippen LogP contribution >= 0.6 is 31.7 Å². The van der Waals surface area contributed by atoms with E-state index in [9.17, 15) is 5.11 Å². The largest absolute Gasteiger partial charge is 0.388 e. The van der Waals surface area contributed by atoms with Crippen LogP contribution in [0.25, 0.3) is 11.1 Å². The average molecular weight is 1390 g/mol. The van der Waals surface area contributed by atoms with Crippen LogP contribution < -0.4 is 63.7 Å². The molecular formula is C89H78OP4Pd. The quantitative estimate of drug-likeness (QED) is 0.0901. The third kappa shape index (κ3) is 19.1. The van der Waals surface area contributed by atoms with Crippen LogP contribution in [0.15, 0.2) is 400 Å². The smallest absolute Gasteiger partial charge is 0.0796 e. The first-order chi connectivity index (χ1) is 46.5. The number of aryl methyl sites for hydroxylation is 2. The van der Waals surface area contributed by atoms with Gasteiger partial charge in [-0.15, -0.1) is 0 Å². The molecule has 0 heterocycles. The third-order valence-electron chi connectivity index (χ3n) is 16.2. The molecule has 0 aliphatic heterocycles. The molecule has 0 radical (unpaired) electrons. The van der Waals surface area contributed by atoms with Crippen molar-refractivity contribution >= 4 is 95.3 Å². The van der Waals surface area contributed by atoms with E-state index in [1.54, 1.807) is 0 Å². The molecule has 15 rings (SSSR count). The molecule has 1 atom stereocenters. The Morgan fingerprint density at radius 1 is 0.232 bits per heavy atom. The number of aliphatic hydroxyl groups excluding tert-OH is 1. The van der Waals surface area contributed by atoms with Gasteiger partial charge in [-0.05, 0) is 155 Å². The summed E-state index contributed by atoms with van der Waals surface area (Å²) in [5.41, 5.74) is 7.72. The van der Waals surface area contributed by atoms with Crippen molar-refractivity contribution in [2.75, 3.05) is 0 Å². The molecular weight excluding hydrogens is 1320 g/mol. The van der Waals surface area contributed by atoms with Gasteiger partial charge in [-0.1, -0.05) is 400 Å². The zero-order chi connectivity index (χ0) is 64.4. The maximum atomic E-state index is 9.99. The Bertz CT molecular complexity index is 3560. The van der Waals surface area contributed by atoms with Gasteiger partial charge in [0.25, 0.3) is 0 Å². The standard InChI is InChI=1S/4C18H15P.C17H18O.Pd/c4*1-4-10-16(11-5-1)19(17-12-6-2-7-13-17)18-14-8-3-9-15-18;1-11-5-3-6-12(2)17(11)15-8-4-7-14-13(15)9-10-16(14)18;/h4*1-15H;3-8,16,18H,9-10H2,1-2H3;/t;;;;16-;/m....0./s1. The van der Waals surface area contributed by atoms with Gasteiger partial charge in [-0.2, -0.15) is 0 Å². The SMILES string of the molecule is Cc1cccc(C)c1-c1cccc2c1CC[C@@H]2O.[Pd].c1ccc(P(c2ccccc2)c2ccccc2)cc1.c1ccc(P(c2ccccc2)c2ccccc2)cc1.c1ccc(P(c2ccccc2)c2ccccc2)cc1.c1ccc(P(c2ccccc2)c2ccccc2)cc1. The molecule has 0 aromatic heterocycles. The van der Waals surface area contributed by atoms with Gasteiger partial charge in [0.1, 0.15) is 0 Å². The van der Waals surface area contributed by atoms with Crippen LogP contribution in [-0.4, -0.2) is 5.11 Å². The summed E-state index contributed by atoms with van der Waals surface area (Å²) < 4.78 is 0. The average Bonchev–Trinajstić information content (AvgIpc) is 1.74.